The highest BCUT2D eigenvalue weighted by molar-refractivity contribution is 5.67. The summed E-state index contributed by atoms with van der Waals surface area (Å²) in [6.07, 6.45) is 2.97. The molecule has 0 fully saturated rings. The summed E-state index contributed by atoms with van der Waals surface area (Å²) in [7, 11) is 1.80. The lowest BCUT2D eigenvalue weighted by Gasteiger charge is -2.11. The normalized spacial score (nSPS) is 10.7. The van der Waals surface area contributed by atoms with E-state index >= 15 is 0 Å². The van der Waals surface area contributed by atoms with E-state index in [1.807, 2.05) is 20.0 Å². The van der Waals surface area contributed by atoms with E-state index in [-0.39, 0.29) is 5.56 Å². The summed E-state index contributed by atoms with van der Waals surface area (Å²) in [5.41, 5.74) is 5.62. The van der Waals surface area contributed by atoms with Gasteiger partial charge in [0, 0.05) is 24.4 Å². The lowest BCUT2D eigenvalue weighted by Crippen LogP contribution is -2.20. The molecule has 0 atom stereocenters. The van der Waals surface area contributed by atoms with Gasteiger partial charge in [0.15, 0.2) is 0 Å². The standard InChI is InChI=1S/C16H19NO/c1-5-13-6-8-14(9-7-13)15-10-17(4)16(18)12(3)11(15)2/h6-10H,5H2,1-4H3. The van der Waals surface area contributed by atoms with Crippen LogP contribution in [0, 0.1) is 13.8 Å². The molecule has 2 aromatic rings. The van der Waals surface area contributed by atoms with Crippen LogP contribution in [-0.2, 0) is 13.5 Å². The zero-order chi connectivity index (χ0) is 13.3. The topological polar surface area (TPSA) is 22.0 Å². The van der Waals surface area contributed by atoms with E-state index < -0.39 is 0 Å². The Kier molecular flexibility index (Phi) is 3.37. The van der Waals surface area contributed by atoms with Crippen molar-refractivity contribution in [2.75, 3.05) is 0 Å². The molecular weight excluding hydrogens is 222 g/mol. The molecule has 2 rings (SSSR count). The SMILES string of the molecule is CCc1ccc(-c2cn(C)c(=O)c(C)c2C)cc1. The van der Waals surface area contributed by atoms with E-state index in [4.69, 9.17) is 0 Å². The number of nitrogens with zero attached hydrogens (tertiary/aromatic N) is 1. The van der Waals surface area contributed by atoms with Gasteiger partial charge in [-0.25, -0.2) is 0 Å². The van der Waals surface area contributed by atoms with Crippen LogP contribution in [0.4, 0.5) is 0 Å². The molecule has 0 saturated heterocycles. The van der Waals surface area contributed by atoms with Gasteiger partial charge in [0.25, 0.3) is 5.56 Å². The smallest absolute Gasteiger partial charge is 0.253 e. The monoisotopic (exact) mass is 241 g/mol. The highest BCUT2D eigenvalue weighted by atomic mass is 16.1. The molecule has 94 valence electrons. The van der Waals surface area contributed by atoms with Gasteiger partial charge in [-0.05, 0) is 37.0 Å². The van der Waals surface area contributed by atoms with Crippen molar-refractivity contribution < 1.29 is 0 Å². The predicted molar refractivity (Wildman–Crippen MR) is 76.0 cm³/mol. The summed E-state index contributed by atoms with van der Waals surface area (Å²) >= 11 is 0. The summed E-state index contributed by atoms with van der Waals surface area (Å²) in [5, 5.41) is 0. The first-order valence-electron chi connectivity index (χ1n) is 6.30. The second-order valence-electron chi connectivity index (χ2n) is 4.76. The molecule has 1 aromatic carbocycles. The van der Waals surface area contributed by atoms with Crippen molar-refractivity contribution in [3.8, 4) is 11.1 Å². The van der Waals surface area contributed by atoms with Crippen molar-refractivity contribution in [2.45, 2.75) is 27.2 Å². The van der Waals surface area contributed by atoms with Crippen molar-refractivity contribution in [1.82, 2.24) is 4.57 Å². The van der Waals surface area contributed by atoms with Crippen LogP contribution in [0.5, 0.6) is 0 Å². The molecule has 2 nitrogen and oxygen atoms in total. The minimum absolute atomic E-state index is 0.0847. The average molecular weight is 241 g/mol. The molecule has 0 saturated carbocycles. The van der Waals surface area contributed by atoms with Gasteiger partial charge in [0.1, 0.15) is 0 Å². The fraction of sp³-hybridized carbons (Fsp3) is 0.312. The Labute approximate surface area is 108 Å². The third kappa shape index (κ3) is 2.10. The number of aryl methyl sites for hydroxylation is 2. The Morgan fingerprint density at radius 2 is 1.67 bits per heavy atom. The number of aromatic nitrogens is 1. The minimum Gasteiger partial charge on any atom is -0.318 e. The quantitative estimate of drug-likeness (QED) is 0.791. The van der Waals surface area contributed by atoms with Crippen LogP contribution in [-0.4, -0.2) is 4.57 Å². The molecule has 0 bridgehead atoms. The lowest BCUT2D eigenvalue weighted by molar-refractivity contribution is 0.845. The van der Waals surface area contributed by atoms with Crippen molar-refractivity contribution in [1.29, 1.82) is 0 Å². The Morgan fingerprint density at radius 1 is 1.06 bits per heavy atom. The molecule has 0 N–H and O–H groups in total. The van der Waals surface area contributed by atoms with E-state index in [1.165, 1.54) is 11.1 Å². The molecule has 0 aliphatic carbocycles. The molecular formula is C16H19NO. The van der Waals surface area contributed by atoms with Gasteiger partial charge in [0.05, 0.1) is 0 Å². The first-order valence-corrected chi connectivity index (χ1v) is 6.30. The fourth-order valence-electron chi connectivity index (χ4n) is 2.19. The Morgan fingerprint density at radius 3 is 2.22 bits per heavy atom. The zero-order valence-electron chi connectivity index (χ0n) is 11.4. The van der Waals surface area contributed by atoms with Gasteiger partial charge < -0.3 is 4.57 Å². The molecule has 18 heavy (non-hydrogen) atoms. The molecule has 0 spiro atoms. The van der Waals surface area contributed by atoms with E-state index in [2.05, 4.69) is 31.2 Å². The fourth-order valence-corrected chi connectivity index (χ4v) is 2.19. The summed E-state index contributed by atoms with van der Waals surface area (Å²) in [4.78, 5) is 11.8. The highest BCUT2D eigenvalue weighted by Gasteiger charge is 2.08. The van der Waals surface area contributed by atoms with Crippen molar-refractivity contribution in [2.24, 2.45) is 7.05 Å². The van der Waals surface area contributed by atoms with E-state index in [1.54, 1.807) is 11.6 Å². The average Bonchev–Trinajstić information content (AvgIpc) is 2.41. The van der Waals surface area contributed by atoms with Crippen LogP contribution in [0.15, 0.2) is 35.3 Å². The van der Waals surface area contributed by atoms with E-state index in [0.717, 1.165) is 23.1 Å². The number of pyridine rings is 1. The van der Waals surface area contributed by atoms with Crippen molar-refractivity contribution in [3.05, 3.63) is 57.5 Å². The van der Waals surface area contributed by atoms with Gasteiger partial charge in [-0.15, -0.1) is 0 Å². The maximum Gasteiger partial charge on any atom is 0.253 e. The third-order valence-corrected chi connectivity index (χ3v) is 3.60. The largest absolute Gasteiger partial charge is 0.318 e. The van der Waals surface area contributed by atoms with Gasteiger partial charge in [0.2, 0.25) is 0 Å². The van der Waals surface area contributed by atoms with E-state index in [9.17, 15) is 4.79 Å². The first kappa shape index (κ1) is 12.6. The molecule has 0 aliphatic rings. The van der Waals surface area contributed by atoms with Gasteiger partial charge in [-0.2, -0.15) is 0 Å². The number of benzene rings is 1. The van der Waals surface area contributed by atoms with Crippen LogP contribution in [0.3, 0.4) is 0 Å². The minimum atomic E-state index is 0.0847. The number of hydrogen-bond donors (Lipinski definition) is 0. The number of hydrogen-bond acceptors (Lipinski definition) is 1. The molecule has 0 amide bonds. The second kappa shape index (κ2) is 4.81. The van der Waals surface area contributed by atoms with Crippen LogP contribution >= 0.6 is 0 Å². The molecule has 0 radical (unpaired) electrons. The maximum atomic E-state index is 11.8. The molecule has 1 heterocycles. The van der Waals surface area contributed by atoms with Crippen molar-refractivity contribution >= 4 is 0 Å². The third-order valence-electron chi connectivity index (χ3n) is 3.60. The second-order valence-corrected chi connectivity index (χ2v) is 4.76. The highest BCUT2D eigenvalue weighted by Crippen LogP contribution is 2.24. The maximum absolute atomic E-state index is 11.8. The molecule has 0 unspecified atom stereocenters. The summed E-state index contributed by atoms with van der Waals surface area (Å²) in [6.45, 7) is 6.05. The summed E-state index contributed by atoms with van der Waals surface area (Å²) < 4.78 is 1.66. The van der Waals surface area contributed by atoms with Gasteiger partial charge in [-0.1, -0.05) is 31.2 Å². The first-order chi connectivity index (χ1) is 8.54. The Bertz CT molecular complexity index is 621. The van der Waals surface area contributed by atoms with Gasteiger partial charge in [-0.3, -0.25) is 4.79 Å². The summed E-state index contributed by atoms with van der Waals surface area (Å²) in [5.74, 6) is 0. The molecule has 2 heteroatoms. The Balaban J connectivity index is 2.60. The summed E-state index contributed by atoms with van der Waals surface area (Å²) in [6, 6.07) is 8.56. The zero-order valence-corrected chi connectivity index (χ0v) is 11.4. The van der Waals surface area contributed by atoms with Crippen LogP contribution < -0.4 is 5.56 Å². The lowest BCUT2D eigenvalue weighted by atomic mass is 9.98. The number of rotatable bonds is 2. The predicted octanol–water partition coefficient (Wildman–Crippen LogP) is 3.23. The molecule has 1 aromatic heterocycles. The van der Waals surface area contributed by atoms with Gasteiger partial charge >= 0.3 is 0 Å². The molecule has 0 aliphatic heterocycles. The van der Waals surface area contributed by atoms with Crippen molar-refractivity contribution in [3.63, 3.8) is 0 Å². The van der Waals surface area contributed by atoms with Crippen LogP contribution in [0.25, 0.3) is 11.1 Å². The van der Waals surface area contributed by atoms with Crippen LogP contribution in [0.1, 0.15) is 23.6 Å². The van der Waals surface area contributed by atoms with Crippen LogP contribution in [0.2, 0.25) is 0 Å². The van der Waals surface area contributed by atoms with E-state index in [0.29, 0.717) is 0 Å². The Hall–Kier alpha value is -1.83.